The largest absolute Gasteiger partial charge is 0.495 e. The first-order valence-electron chi connectivity index (χ1n) is 5.44. The molecule has 0 radical (unpaired) electrons. The molecule has 1 aromatic rings. The molecule has 90 valence electrons. The number of carboxylic acid groups (broad SMARTS) is 1. The SMILES string of the molecule is O=C(O)CCc1cccc2c1OCCOB2O. The predicted octanol–water partition coefficient (Wildman–Crippen LogP) is -0.200. The molecule has 0 unspecified atom stereocenters. The molecule has 1 aliphatic heterocycles. The molecule has 0 aromatic heterocycles. The second kappa shape index (κ2) is 5.20. The van der Waals surface area contributed by atoms with Crippen LogP contribution >= 0.6 is 0 Å². The van der Waals surface area contributed by atoms with Gasteiger partial charge in [0.1, 0.15) is 12.4 Å². The van der Waals surface area contributed by atoms with Gasteiger partial charge in [-0.1, -0.05) is 18.2 Å². The van der Waals surface area contributed by atoms with Crippen molar-refractivity contribution in [3.8, 4) is 5.75 Å². The molecule has 0 saturated carbocycles. The molecule has 6 heteroatoms. The van der Waals surface area contributed by atoms with Gasteiger partial charge in [-0.2, -0.15) is 0 Å². The van der Waals surface area contributed by atoms with Gasteiger partial charge in [0.05, 0.1) is 6.61 Å². The van der Waals surface area contributed by atoms with E-state index in [4.69, 9.17) is 14.5 Å². The van der Waals surface area contributed by atoms with Crippen molar-refractivity contribution in [1.82, 2.24) is 0 Å². The van der Waals surface area contributed by atoms with Gasteiger partial charge in [0, 0.05) is 11.9 Å². The molecule has 0 amide bonds. The molecule has 1 aliphatic rings. The standard InChI is InChI=1S/C11H13BO5/c13-10(14)5-4-8-2-1-3-9-11(8)16-6-7-17-12(9)15/h1-3,15H,4-7H2,(H,13,14). The van der Waals surface area contributed by atoms with Gasteiger partial charge >= 0.3 is 13.1 Å². The molecule has 0 bridgehead atoms. The fourth-order valence-corrected chi connectivity index (χ4v) is 1.81. The molecule has 1 aromatic carbocycles. The van der Waals surface area contributed by atoms with Gasteiger partial charge < -0.3 is 19.5 Å². The highest BCUT2D eigenvalue weighted by molar-refractivity contribution is 6.61. The van der Waals surface area contributed by atoms with Crippen molar-refractivity contribution >= 4 is 18.6 Å². The van der Waals surface area contributed by atoms with Gasteiger partial charge in [-0.25, -0.2) is 0 Å². The lowest BCUT2D eigenvalue weighted by Gasteiger charge is -2.12. The lowest BCUT2D eigenvalue weighted by atomic mass is 9.77. The van der Waals surface area contributed by atoms with Crippen LogP contribution < -0.4 is 10.2 Å². The molecule has 17 heavy (non-hydrogen) atoms. The van der Waals surface area contributed by atoms with Crippen LogP contribution in [-0.2, 0) is 15.9 Å². The average molecular weight is 236 g/mol. The summed E-state index contributed by atoms with van der Waals surface area (Å²) in [6.45, 7) is 0.669. The summed E-state index contributed by atoms with van der Waals surface area (Å²) in [5.41, 5.74) is 1.35. The van der Waals surface area contributed by atoms with E-state index in [1.807, 2.05) is 0 Å². The summed E-state index contributed by atoms with van der Waals surface area (Å²) < 4.78 is 10.6. The maximum Gasteiger partial charge on any atom is 0.495 e. The monoisotopic (exact) mass is 236 g/mol. The van der Waals surface area contributed by atoms with Crippen molar-refractivity contribution in [2.24, 2.45) is 0 Å². The first-order valence-corrected chi connectivity index (χ1v) is 5.44. The van der Waals surface area contributed by atoms with Crippen LogP contribution in [0.5, 0.6) is 5.75 Å². The Kier molecular flexibility index (Phi) is 3.66. The highest BCUT2D eigenvalue weighted by Crippen LogP contribution is 2.20. The van der Waals surface area contributed by atoms with Crippen LogP contribution in [0.2, 0.25) is 0 Å². The number of hydrogen-bond acceptors (Lipinski definition) is 4. The third-order valence-electron chi connectivity index (χ3n) is 2.61. The molecular weight excluding hydrogens is 223 g/mol. The van der Waals surface area contributed by atoms with E-state index >= 15 is 0 Å². The van der Waals surface area contributed by atoms with Gasteiger partial charge in [-0.3, -0.25) is 4.79 Å². The first-order chi connectivity index (χ1) is 8.18. The Hall–Kier alpha value is -1.53. The van der Waals surface area contributed by atoms with Crippen LogP contribution in [0.3, 0.4) is 0 Å². The molecule has 2 rings (SSSR count). The summed E-state index contributed by atoms with van der Waals surface area (Å²) in [6.07, 6.45) is 0.419. The summed E-state index contributed by atoms with van der Waals surface area (Å²) in [7, 11) is -1.00. The second-order valence-electron chi connectivity index (χ2n) is 3.80. The van der Waals surface area contributed by atoms with Crippen molar-refractivity contribution in [1.29, 1.82) is 0 Å². The molecule has 0 aliphatic carbocycles. The quantitative estimate of drug-likeness (QED) is 0.711. The zero-order chi connectivity index (χ0) is 12.3. The van der Waals surface area contributed by atoms with Crippen LogP contribution in [0.1, 0.15) is 12.0 Å². The summed E-state index contributed by atoms with van der Waals surface area (Å²) in [5, 5.41) is 18.4. The van der Waals surface area contributed by atoms with E-state index in [2.05, 4.69) is 0 Å². The number of carboxylic acids is 1. The second-order valence-corrected chi connectivity index (χ2v) is 3.80. The van der Waals surface area contributed by atoms with Gasteiger partial charge in [0.2, 0.25) is 0 Å². The Morgan fingerprint density at radius 2 is 2.24 bits per heavy atom. The lowest BCUT2D eigenvalue weighted by Crippen LogP contribution is -2.33. The predicted molar refractivity (Wildman–Crippen MR) is 61.5 cm³/mol. The maximum absolute atomic E-state index is 10.6. The van der Waals surface area contributed by atoms with Crippen LogP contribution in [0, 0.1) is 0 Å². The third kappa shape index (κ3) is 2.78. The normalized spacial score (nSPS) is 14.8. The van der Waals surface area contributed by atoms with Crippen LogP contribution in [0.15, 0.2) is 18.2 Å². The number of hydrogen-bond donors (Lipinski definition) is 2. The van der Waals surface area contributed by atoms with Crippen LogP contribution in [0.4, 0.5) is 0 Å². The third-order valence-corrected chi connectivity index (χ3v) is 2.61. The number of benzene rings is 1. The molecule has 1 heterocycles. The highest BCUT2D eigenvalue weighted by atomic mass is 16.6. The number of carbonyl (C=O) groups is 1. The molecular formula is C11H13BO5. The number of aliphatic carboxylic acids is 1. The minimum absolute atomic E-state index is 0.0385. The number of fused-ring (bicyclic) bond motifs is 1. The fraction of sp³-hybridized carbons (Fsp3) is 0.364. The maximum atomic E-state index is 10.6. The number of rotatable bonds is 3. The smallest absolute Gasteiger partial charge is 0.491 e. The molecule has 2 N–H and O–H groups in total. The molecule has 0 fully saturated rings. The van der Waals surface area contributed by atoms with Gasteiger partial charge in [0.15, 0.2) is 0 Å². The number of aryl methyl sites for hydroxylation is 1. The van der Waals surface area contributed by atoms with E-state index in [0.717, 1.165) is 5.56 Å². The van der Waals surface area contributed by atoms with E-state index in [0.29, 0.717) is 30.8 Å². The minimum atomic E-state index is -1.00. The molecule has 5 nitrogen and oxygen atoms in total. The zero-order valence-electron chi connectivity index (χ0n) is 9.26. The van der Waals surface area contributed by atoms with E-state index in [-0.39, 0.29) is 6.42 Å². The van der Waals surface area contributed by atoms with E-state index < -0.39 is 13.1 Å². The summed E-state index contributed by atoms with van der Waals surface area (Å²) in [4.78, 5) is 10.6. The topological polar surface area (TPSA) is 76.0 Å². The molecule has 0 atom stereocenters. The average Bonchev–Trinajstić information content (AvgIpc) is 2.49. The van der Waals surface area contributed by atoms with E-state index in [9.17, 15) is 9.82 Å². The summed E-state index contributed by atoms with van der Waals surface area (Å²) in [5.74, 6) is -0.299. The zero-order valence-corrected chi connectivity index (χ0v) is 9.26. The molecule has 0 saturated heterocycles. The minimum Gasteiger partial charge on any atom is -0.491 e. The van der Waals surface area contributed by atoms with Crippen LogP contribution in [-0.4, -0.2) is 36.4 Å². The Bertz CT molecular complexity index is 420. The van der Waals surface area contributed by atoms with Crippen LogP contribution in [0.25, 0.3) is 0 Å². The number of para-hydroxylation sites is 1. The molecule has 0 spiro atoms. The fourth-order valence-electron chi connectivity index (χ4n) is 1.81. The Balaban J connectivity index is 2.27. The summed E-state index contributed by atoms with van der Waals surface area (Å²) in [6, 6.07) is 5.28. The first kappa shape index (κ1) is 11.9. The lowest BCUT2D eigenvalue weighted by molar-refractivity contribution is -0.136. The van der Waals surface area contributed by atoms with Gasteiger partial charge in [0.25, 0.3) is 0 Å². The highest BCUT2D eigenvalue weighted by Gasteiger charge is 2.25. The summed E-state index contributed by atoms with van der Waals surface area (Å²) >= 11 is 0. The Labute approximate surface area is 99.1 Å². The Morgan fingerprint density at radius 1 is 1.41 bits per heavy atom. The van der Waals surface area contributed by atoms with Crippen molar-refractivity contribution in [2.45, 2.75) is 12.8 Å². The van der Waals surface area contributed by atoms with E-state index in [1.54, 1.807) is 18.2 Å². The van der Waals surface area contributed by atoms with Gasteiger partial charge in [-0.05, 0) is 12.0 Å². The van der Waals surface area contributed by atoms with Gasteiger partial charge in [-0.15, -0.1) is 0 Å². The van der Waals surface area contributed by atoms with Crippen molar-refractivity contribution in [3.63, 3.8) is 0 Å². The van der Waals surface area contributed by atoms with Crippen molar-refractivity contribution in [2.75, 3.05) is 13.2 Å². The van der Waals surface area contributed by atoms with Crippen molar-refractivity contribution in [3.05, 3.63) is 23.8 Å². The van der Waals surface area contributed by atoms with E-state index in [1.165, 1.54) is 0 Å². The van der Waals surface area contributed by atoms with Crippen molar-refractivity contribution < 1.29 is 24.3 Å². The Morgan fingerprint density at radius 3 is 3.00 bits per heavy atom. The number of ether oxygens (including phenoxy) is 1.